The number of carbonyl (C=O) groups is 1. The second-order valence-electron chi connectivity index (χ2n) is 8.22. The highest BCUT2D eigenvalue weighted by atomic mass is 35.5. The smallest absolute Gasteiger partial charge is 0.254 e. The van der Waals surface area contributed by atoms with Crippen molar-refractivity contribution in [1.29, 1.82) is 5.26 Å². The van der Waals surface area contributed by atoms with Crippen LogP contribution in [-0.2, 0) is 6.42 Å². The van der Waals surface area contributed by atoms with Crippen molar-refractivity contribution in [2.75, 3.05) is 18.0 Å². The van der Waals surface area contributed by atoms with Crippen molar-refractivity contribution >= 4 is 61.4 Å². The van der Waals surface area contributed by atoms with Gasteiger partial charge in [0.2, 0.25) is 0 Å². The number of nitriles is 1. The molecule has 0 radical (unpaired) electrons. The van der Waals surface area contributed by atoms with E-state index in [0.29, 0.717) is 50.6 Å². The first-order valence-corrected chi connectivity index (χ1v) is 12.2. The Kier molecular flexibility index (Phi) is 5.80. The van der Waals surface area contributed by atoms with Gasteiger partial charge in [-0.3, -0.25) is 4.79 Å². The third-order valence-electron chi connectivity index (χ3n) is 6.40. The Bertz CT molecular complexity index is 1580. The van der Waals surface area contributed by atoms with Crippen molar-refractivity contribution in [2.24, 2.45) is 0 Å². The molecule has 2 aromatic carbocycles. The Morgan fingerprint density at radius 3 is 2.74 bits per heavy atom. The molecule has 0 unspecified atom stereocenters. The number of nitrogens with zero attached hydrogens (tertiary/aromatic N) is 3. The lowest BCUT2D eigenvalue weighted by Gasteiger charge is -2.35. The van der Waals surface area contributed by atoms with Crippen LogP contribution in [0.3, 0.4) is 0 Å². The second kappa shape index (κ2) is 8.68. The number of thiophene rings is 1. The fourth-order valence-electron chi connectivity index (χ4n) is 4.67. The first kappa shape index (κ1) is 23.4. The van der Waals surface area contributed by atoms with Gasteiger partial charge in [0.05, 0.1) is 16.6 Å². The maximum Gasteiger partial charge on any atom is 0.254 e. The summed E-state index contributed by atoms with van der Waals surface area (Å²) in [5, 5.41) is 10.8. The van der Waals surface area contributed by atoms with Crippen LogP contribution in [0.5, 0.6) is 0 Å². The van der Waals surface area contributed by atoms with Gasteiger partial charge in [-0.15, -0.1) is 11.3 Å². The average Bonchev–Trinajstić information content (AvgIpc) is 3.16. The van der Waals surface area contributed by atoms with Crippen LogP contribution < -0.4 is 11.5 Å². The van der Waals surface area contributed by atoms with Gasteiger partial charge >= 0.3 is 0 Å². The van der Waals surface area contributed by atoms with Crippen molar-refractivity contribution in [3.8, 4) is 17.2 Å². The topological polar surface area (TPSA) is 109 Å². The summed E-state index contributed by atoms with van der Waals surface area (Å²) in [5.74, 6) is -0.721. The Hall–Kier alpha value is -3.38. The summed E-state index contributed by atoms with van der Waals surface area (Å²) in [6.07, 6.45) is 1.99. The van der Waals surface area contributed by atoms with Gasteiger partial charge in [-0.2, -0.15) is 5.26 Å². The number of nitrogens with two attached hydrogens (primary N) is 2. The standard InChI is InChI=1S/C25H18Cl2FN5OS/c1-11(12-3-2-7-32-23(12)30)33-8-6-13-14(25(33)34)9-17(28)21(22(13)27)20-16(26)4-5-18-19(20)15(10-29)24(31)35-18/h2-5,7,9,11H,6,8,31H2,1H3,(H2,30,32)/t11-/m0/s1. The van der Waals surface area contributed by atoms with Crippen molar-refractivity contribution in [1.82, 2.24) is 9.88 Å². The van der Waals surface area contributed by atoms with E-state index in [1.165, 1.54) is 17.4 Å². The van der Waals surface area contributed by atoms with Crippen LogP contribution >= 0.6 is 34.5 Å². The normalized spacial score (nSPS) is 14.1. The Morgan fingerprint density at radius 1 is 1.26 bits per heavy atom. The highest BCUT2D eigenvalue weighted by molar-refractivity contribution is 7.23. The number of rotatable bonds is 3. The van der Waals surface area contributed by atoms with Gasteiger partial charge in [-0.25, -0.2) is 9.37 Å². The van der Waals surface area contributed by atoms with E-state index in [2.05, 4.69) is 11.1 Å². The van der Waals surface area contributed by atoms with Crippen LogP contribution in [0.15, 0.2) is 36.5 Å². The van der Waals surface area contributed by atoms with E-state index in [1.54, 1.807) is 29.3 Å². The van der Waals surface area contributed by atoms with Gasteiger partial charge in [-0.1, -0.05) is 29.3 Å². The molecule has 3 heterocycles. The number of carbonyl (C=O) groups excluding carboxylic acids is 1. The molecule has 4 aromatic rings. The minimum Gasteiger partial charge on any atom is -0.389 e. The van der Waals surface area contributed by atoms with Gasteiger partial charge in [0, 0.05) is 50.1 Å². The van der Waals surface area contributed by atoms with E-state index >= 15 is 4.39 Å². The molecular weight excluding hydrogens is 508 g/mol. The van der Waals surface area contributed by atoms with Gasteiger partial charge in [-0.05, 0) is 43.2 Å². The Labute approximate surface area is 214 Å². The minimum absolute atomic E-state index is 0.0566. The van der Waals surface area contributed by atoms with E-state index in [-0.39, 0.29) is 38.7 Å². The lowest BCUT2D eigenvalue weighted by molar-refractivity contribution is 0.0672. The number of hydrogen-bond donors (Lipinski definition) is 2. The largest absolute Gasteiger partial charge is 0.389 e. The SMILES string of the molecule is C[C@@H](c1cccnc1N)N1CCc2c(cc(F)c(-c3c(Cl)ccc4sc(N)c(C#N)c34)c2Cl)C1=O. The molecule has 0 saturated heterocycles. The van der Waals surface area contributed by atoms with Crippen LogP contribution in [0, 0.1) is 17.1 Å². The Balaban J connectivity index is 1.66. The molecule has 6 nitrogen and oxygen atoms in total. The van der Waals surface area contributed by atoms with E-state index in [9.17, 15) is 10.1 Å². The number of anilines is 2. The van der Waals surface area contributed by atoms with Gasteiger partial charge in [0.15, 0.2) is 0 Å². The predicted molar refractivity (Wildman–Crippen MR) is 138 cm³/mol. The molecular formula is C25H18Cl2FN5OS. The summed E-state index contributed by atoms with van der Waals surface area (Å²) in [4.78, 5) is 19.2. The highest BCUT2D eigenvalue weighted by Crippen LogP contribution is 2.47. The third-order valence-corrected chi connectivity index (χ3v) is 8.11. The molecule has 1 amide bonds. The van der Waals surface area contributed by atoms with E-state index in [0.717, 1.165) is 0 Å². The molecule has 0 aliphatic carbocycles. The fourth-order valence-corrected chi connectivity index (χ4v) is 6.24. The number of hydrogen-bond acceptors (Lipinski definition) is 6. The maximum atomic E-state index is 15.7. The molecule has 1 aliphatic rings. The molecule has 1 aliphatic heterocycles. The highest BCUT2D eigenvalue weighted by Gasteiger charge is 2.34. The molecule has 5 rings (SSSR count). The van der Waals surface area contributed by atoms with E-state index in [1.807, 2.05) is 13.0 Å². The number of aromatic nitrogens is 1. The molecule has 35 heavy (non-hydrogen) atoms. The van der Waals surface area contributed by atoms with Crippen LogP contribution in [-0.4, -0.2) is 22.3 Å². The molecule has 1 atom stereocenters. The summed E-state index contributed by atoms with van der Waals surface area (Å²) in [6.45, 7) is 2.21. The first-order chi connectivity index (χ1) is 16.7. The van der Waals surface area contributed by atoms with Gasteiger partial charge < -0.3 is 16.4 Å². The lowest BCUT2D eigenvalue weighted by atomic mass is 9.90. The molecule has 10 heteroatoms. The van der Waals surface area contributed by atoms with Crippen molar-refractivity contribution in [3.05, 3.63) is 74.6 Å². The quantitative estimate of drug-likeness (QED) is 0.330. The number of halogens is 3. The summed E-state index contributed by atoms with van der Waals surface area (Å²) in [5.41, 5.74) is 14.1. The molecule has 4 N–H and O–H groups in total. The molecule has 0 spiro atoms. The molecule has 176 valence electrons. The zero-order valence-corrected chi connectivity index (χ0v) is 20.7. The number of pyridine rings is 1. The summed E-state index contributed by atoms with van der Waals surface area (Å²) < 4.78 is 16.4. The summed E-state index contributed by atoms with van der Waals surface area (Å²) in [7, 11) is 0. The monoisotopic (exact) mass is 525 g/mol. The molecule has 0 bridgehead atoms. The number of nitrogen functional groups attached to an aromatic ring is 2. The zero-order valence-electron chi connectivity index (χ0n) is 18.4. The number of amides is 1. The Morgan fingerprint density at radius 2 is 2.03 bits per heavy atom. The number of benzene rings is 2. The fraction of sp³-hybridized carbons (Fsp3) is 0.160. The first-order valence-electron chi connectivity index (χ1n) is 10.7. The van der Waals surface area contributed by atoms with E-state index < -0.39 is 5.82 Å². The zero-order chi connectivity index (χ0) is 25.0. The van der Waals surface area contributed by atoms with Crippen LogP contribution in [0.1, 0.15) is 40.0 Å². The molecule has 0 fully saturated rings. The third kappa shape index (κ3) is 3.59. The van der Waals surface area contributed by atoms with Crippen LogP contribution in [0.25, 0.3) is 21.2 Å². The van der Waals surface area contributed by atoms with Crippen molar-refractivity contribution in [3.63, 3.8) is 0 Å². The van der Waals surface area contributed by atoms with Crippen LogP contribution in [0.2, 0.25) is 10.0 Å². The summed E-state index contributed by atoms with van der Waals surface area (Å²) >= 11 is 14.5. The lowest BCUT2D eigenvalue weighted by Crippen LogP contribution is -2.40. The van der Waals surface area contributed by atoms with E-state index in [4.69, 9.17) is 34.7 Å². The minimum atomic E-state index is -0.708. The van der Waals surface area contributed by atoms with Crippen molar-refractivity contribution in [2.45, 2.75) is 19.4 Å². The number of fused-ring (bicyclic) bond motifs is 2. The van der Waals surface area contributed by atoms with Crippen LogP contribution in [0.4, 0.5) is 15.2 Å². The molecule has 0 saturated carbocycles. The maximum absolute atomic E-state index is 15.7. The average molecular weight is 526 g/mol. The summed E-state index contributed by atoms with van der Waals surface area (Å²) in [6, 6.07) is 9.85. The van der Waals surface area contributed by atoms with Crippen molar-refractivity contribution < 1.29 is 9.18 Å². The predicted octanol–water partition coefficient (Wildman–Crippen LogP) is 6.20. The second-order valence-corrected chi connectivity index (χ2v) is 10.1. The van der Waals surface area contributed by atoms with Gasteiger partial charge in [0.25, 0.3) is 5.91 Å². The van der Waals surface area contributed by atoms with Gasteiger partial charge in [0.1, 0.15) is 22.7 Å². The molecule has 2 aromatic heterocycles.